The van der Waals surface area contributed by atoms with Crippen LogP contribution >= 0.6 is 12.4 Å². The lowest BCUT2D eigenvalue weighted by Crippen LogP contribution is -2.31. The highest BCUT2D eigenvalue weighted by atomic mass is 35.5. The molecule has 15 heavy (non-hydrogen) atoms. The molecule has 1 aromatic heterocycles. The van der Waals surface area contributed by atoms with Crippen LogP contribution in [0.3, 0.4) is 0 Å². The second kappa shape index (κ2) is 4.86. The molecule has 2 N–H and O–H groups in total. The van der Waals surface area contributed by atoms with Gasteiger partial charge in [0, 0.05) is 32.1 Å². The third-order valence-corrected chi connectivity index (χ3v) is 2.86. The molecule has 0 aliphatic carbocycles. The molecule has 0 spiro atoms. The summed E-state index contributed by atoms with van der Waals surface area (Å²) < 4.78 is 1.79. The molecule has 5 heteroatoms. The van der Waals surface area contributed by atoms with Gasteiger partial charge >= 0.3 is 0 Å². The van der Waals surface area contributed by atoms with Crippen molar-refractivity contribution in [3.8, 4) is 0 Å². The van der Waals surface area contributed by atoms with Gasteiger partial charge in [0.05, 0.1) is 5.69 Å². The fourth-order valence-corrected chi connectivity index (χ4v) is 2.09. The average molecular weight is 231 g/mol. The van der Waals surface area contributed by atoms with Crippen molar-refractivity contribution in [2.75, 3.05) is 18.8 Å². The highest BCUT2D eigenvalue weighted by Crippen LogP contribution is 2.23. The first-order valence-corrected chi connectivity index (χ1v) is 5.25. The summed E-state index contributed by atoms with van der Waals surface area (Å²) in [5.74, 6) is 0.834. The van der Waals surface area contributed by atoms with E-state index in [9.17, 15) is 0 Å². The van der Waals surface area contributed by atoms with E-state index >= 15 is 0 Å². The largest absolute Gasteiger partial charge is 0.384 e. The van der Waals surface area contributed by atoms with Gasteiger partial charge in [-0.2, -0.15) is 5.10 Å². The number of hydrogen-bond acceptors (Lipinski definition) is 3. The van der Waals surface area contributed by atoms with E-state index in [0.29, 0.717) is 0 Å². The Morgan fingerprint density at radius 2 is 2.20 bits per heavy atom. The van der Waals surface area contributed by atoms with Gasteiger partial charge in [-0.3, -0.25) is 9.58 Å². The van der Waals surface area contributed by atoms with Crippen molar-refractivity contribution in [3.05, 3.63) is 11.3 Å². The predicted molar refractivity (Wildman–Crippen MR) is 64.1 cm³/mol. The fourth-order valence-electron chi connectivity index (χ4n) is 2.09. The number of nitrogens with zero attached hydrogens (tertiary/aromatic N) is 3. The predicted octanol–water partition coefficient (Wildman–Crippen LogP) is 1.19. The summed E-state index contributed by atoms with van der Waals surface area (Å²) in [4.78, 5) is 2.44. The number of aryl methyl sites for hydroxylation is 1. The third-order valence-electron chi connectivity index (χ3n) is 2.86. The number of halogens is 1. The van der Waals surface area contributed by atoms with Crippen LogP contribution in [0.1, 0.15) is 24.6 Å². The van der Waals surface area contributed by atoms with Crippen molar-refractivity contribution in [3.63, 3.8) is 0 Å². The van der Waals surface area contributed by atoms with E-state index < -0.39 is 0 Å². The summed E-state index contributed by atoms with van der Waals surface area (Å²) in [6, 6.07) is 0. The standard InChI is InChI=1S/C10H18N4.ClH/c1-3-5-14-6-4-9-8(7-14)10(11)13(2)12-9;/h3-7,11H2,1-2H3;1H. The van der Waals surface area contributed by atoms with E-state index in [1.54, 1.807) is 4.68 Å². The monoisotopic (exact) mass is 230 g/mol. The molecule has 0 atom stereocenters. The first-order chi connectivity index (χ1) is 6.72. The van der Waals surface area contributed by atoms with Crippen molar-refractivity contribution < 1.29 is 0 Å². The van der Waals surface area contributed by atoms with Crippen molar-refractivity contribution >= 4 is 18.2 Å². The van der Waals surface area contributed by atoms with Gasteiger partial charge in [-0.15, -0.1) is 12.4 Å². The molecule has 2 rings (SSSR count). The van der Waals surface area contributed by atoms with Crippen LogP contribution in [0.2, 0.25) is 0 Å². The Hall–Kier alpha value is -0.740. The molecule has 0 bridgehead atoms. The quantitative estimate of drug-likeness (QED) is 0.831. The summed E-state index contributed by atoms with van der Waals surface area (Å²) in [5.41, 5.74) is 8.39. The first kappa shape index (κ1) is 12.3. The number of aromatic nitrogens is 2. The van der Waals surface area contributed by atoms with Crippen LogP contribution in [0.5, 0.6) is 0 Å². The number of hydrogen-bond donors (Lipinski definition) is 1. The van der Waals surface area contributed by atoms with Crippen LogP contribution in [0.15, 0.2) is 0 Å². The van der Waals surface area contributed by atoms with Crippen LogP contribution in [-0.4, -0.2) is 27.8 Å². The summed E-state index contributed by atoms with van der Waals surface area (Å²) in [7, 11) is 1.91. The molecule has 1 aliphatic heterocycles. The van der Waals surface area contributed by atoms with Crippen molar-refractivity contribution in [2.24, 2.45) is 7.05 Å². The highest BCUT2D eigenvalue weighted by Gasteiger charge is 2.21. The molecule has 86 valence electrons. The zero-order valence-corrected chi connectivity index (χ0v) is 10.2. The Morgan fingerprint density at radius 1 is 1.47 bits per heavy atom. The van der Waals surface area contributed by atoms with E-state index in [2.05, 4.69) is 16.9 Å². The first-order valence-electron chi connectivity index (χ1n) is 5.25. The maximum Gasteiger partial charge on any atom is 0.126 e. The van der Waals surface area contributed by atoms with Crippen molar-refractivity contribution in [1.29, 1.82) is 0 Å². The molecule has 2 heterocycles. The van der Waals surface area contributed by atoms with Gasteiger partial charge in [-0.05, 0) is 13.0 Å². The smallest absolute Gasteiger partial charge is 0.126 e. The summed E-state index contributed by atoms with van der Waals surface area (Å²) in [6.07, 6.45) is 2.25. The molecule has 0 amide bonds. The molecule has 0 saturated carbocycles. The molecular weight excluding hydrogens is 212 g/mol. The maximum atomic E-state index is 5.96. The van der Waals surface area contributed by atoms with E-state index in [-0.39, 0.29) is 12.4 Å². The summed E-state index contributed by atoms with van der Waals surface area (Å²) >= 11 is 0. The molecule has 0 saturated heterocycles. The van der Waals surface area contributed by atoms with Crippen LogP contribution < -0.4 is 5.73 Å². The lowest BCUT2D eigenvalue weighted by Gasteiger charge is -2.25. The molecule has 0 aromatic carbocycles. The topological polar surface area (TPSA) is 47.1 Å². The number of anilines is 1. The zero-order chi connectivity index (χ0) is 10.1. The Bertz CT molecular complexity index is 334. The van der Waals surface area contributed by atoms with E-state index in [1.165, 1.54) is 17.7 Å². The summed E-state index contributed by atoms with van der Waals surface area (Å²) in [5, 5.41) is 4.41. The molecule has 0 fully saturated rings. The average Bonchev–Trinajstić information content (AvgIpc) is 2.45. The Labute approximate surface area is 96.8 Å². The normalized spacial score (nSPS) is 15.9. The van der Waals surface area contributed by atoms with Crippen LogP contribution in [0, 0.1) is 0 Å². The molecular formula is C10H19ClN4. The second-order valence-corrected chi connectivity index (χ2v) is 3.96. The molecule has 4 nitrogen and oxygen atoms in total. The Kier molecular flexibility index (Phi) is 3.99. The summed E-state index contributed by atoms with van der Waals surface area (Å²) in [6.45, 7) is 5.47. The van der Waals surface area contributed by atoms with Crippen molar-refractivity contribution in [1.82, 2.24) is 14.7 Å². The van der Waals surface area contributed by atoms with Gasteiger partial charge in [-0.1, -0.05) is 6.92 Å². The minimum atomic E-state index is 0. The van der Waals surface area contributed by atoms with Crippen LogP contribution in [0.25, 0.3) is 0 Å². The SMILES string of the molecule is CCCN1CCc2nn(C)c(N)c2C1.Cl. The number of nitrogen functional groups attached to an aromatic ring is 1. The number of fused-ring (bicyclic) bond motifs is 1. The second-order valence-electron chi connectivity index (χ2n) is 3.96. The van der Waals surface area contributed by atoms with Gasteiger partial charge in [0.1, 0.15) is 5.82 Å². The Morgan fingerprint density at radius 3 is 2.87 bits per heavy atom. The third kappa shape index (κ3) is 2.26. The minimum absolute atomic E-state index is 0. The molecule has 1 aromatic rings. The minimum Gasteiger partial charge on any atom is -0.384 e. The maximum absolute atomic E-state index is 5.96. The fraction of sp³-hybridized carbons (Fsp3) is 0.700. The van der Waals surface area contributed by atoms with Crippen LogP contribution in [-0.2, 0) is 20.0 Å². The van der Waals surface area contributed by atoms with E-state index in [4.69, 9.17) is 5.73 Å². The molecule has 1 aliphatic rings. The van der Waals surface area contributed by atoms with Gasteiger partial charge in [0.15, 0.2) is 0 Å². The van der Waals surface area contributed by atoms with Gasteiger partial charge in [0.2, 0.25) is 0 Å². The van der Waals surface area contributed by atoms with Crippen LogP contribution in [0.4, 0.5) is 5.82 Å². The highest BCUT2D eigenvalue weighted by molar-refractivity contribution is 5.85. The van der Waals surface area contributed by atoms with Gasteiger partial charge in [-0.25, -0.2) is 0 Å². The zero-order valence-electron chi connectivity index (χ0n) is 9.36. The number of nitrogens with two attached hydrogens (primary N) is 1. The van der Waals surface area contributed by atoms with Gasteiger partial charge in [0.25, 0.3) is 0 Å². The van der Waals surface area contributed by atoms with E-state index in [1.807, 2.05) is 7.05 Å². The molecule has 0 radical (unpaired) electrons. The van der Waals surface area contributed by atoms with Gasteiger partial charge < -0.3 is 5.73 Å². The Balaban J connectivity index is 0.00000112. The van der Waals surface area contributed by atoms with E-state index in [0.717, 1.165) is 31.9 Å². The van der Waals surface area contributed by atoms with Crippen molar-refractivity contribution in [2.45, 2.75) is 26.3 Å². The lowest BCUT2D eigenvalue weighted by molar-refractivity contribution is 0.254. The number of rotatable bonds is 2. The lowest BCUT2D eigenvalue weighted by atomic mass is 10.1. The molecule has 0 unspecified atom stereocenters.